The fraction of sp³-hybridized carbons (Fsp3) is 0.364. The molecule has 0 spiro atoms. The van der Waals surface area contributed by atoms with Gasteiger partial charge >= 0.3 is 0 Å². The van der Waals surface area contributed by atoms with Crippen LogP contribution in [0, 0.1) is 11.3 Å². The van der Waals surface area contributed by atoms with E-state index < -0.39 is 0 Å². The summed E-state index contributed by atoms with van der Waals surface area (Å²) in [5, 5.41) is 8.96. The summed E-state index contributed by atoms with van der Waals surface area (Å²) in [6.45, 7) is 1.69. The number of nitriles is 1. The average molecular weight is 187 g/mol. The highest BCUT2D eigenvalue weighted by Crippen LogP contribution is 2.26. The van der Waals surface area contributed by atoms with E-state index in [2.05, 4.69) is 11.0 Å². The Labute approximate surface area is 83.7 Å². The Morgan fingerprint density at radius 2 is 2.36 bits per heavy atom. The van der Waals surface area contributed by atoms with Crippen molar-refractivity contribution in [1.82, 2.24) is 4.90 Å². The lowest BCUT2D eigenvalue weighted by atomic mass is 9.93. The highest BCUT2D eigenvalue weighted by Gasteiger charge is 2.21. The molecule has 0 aromatic heterocycles. The van der Waals surface area contributed by atoms with E-state index >= 15 is 0 Å². The summed E-state index contributed by atoms with van der Waals surface area (Å²) in [5.41, 5.74) is 8.98. The van der Waals surface area contributed by atoms with Gasteiger partial charge in [-0.05, 0) is 24.2 Å². The highest BCUT2D eigenvalue weighted by atomic mass is 15.1. The number of rotatable bonds is 0. The molecule has 72 valence electrons. The monoisotopic (exact) mass is 187 g/mol. The van der Waals surface area contributed by atoms with Crippen molar-refractivity contribution in [2.24, 2.45) is 5.73 Å². The molecule has 1 aliphatic heterocycles. The smallest absolute Gasteiger partial charge is 0.0995 e. The van der Waals surface area contributed by atoms with Crippen molar-refractivity contribution in [2.45, 2.75) is 12.6 Å². The van der Waals surface area contributed by atoms with Crippen LogP contribution in [-0.4, -0.2) is 18.5 Å². The predicted molar refractivity (Wildman–Crippen MR) is 54.4 cm³/mol. The van der Waals surface area contributed by atoms with Crippen LogP contribution in [0.15, 0.2) is 18.2 Å². The van der Waals surface area contributed by atoms with Crippen LogP contribution in [0.3, 0.4) is 0 Å². The summed E-state index contributed by atoms with van der Waals surface area (Å²) in [7, 11) is 2.02. The predicted octanol–water partition coefficient (Wildman–Crippen LogP) is 1.00. The van der Waals surface area contributed by atoms with Crippen LogP contribution < -0.4 is 5.73 Å². The first-order chi connectivity index (χ1) is 6.72. The number of nitrogens with zero attached hydrogens (tertiary/aromatic N) is 2. The molecule has 1 aromatic carbocycles. The minimum Gasteiger partial charge on any atom is -0.323 e. The van der Waals surface area contributed by atoms with Gasteiger partial charge in [0.25, 0.3) is 0 Å². The molecule has 3 nitrogen and oxygen atoms in total. The fourth-order valence-electron chi connectivity index (χ4n) is 2.00. The van der Waals surface area contributed by atoms with Gasteiger partial charge in [0.05, 0.1) is 11.6 Å². The van der Waals surface area contributed by atoms with E-state index in [0.29, 0.717) is 0 Å². The van der Waals surface area contributed by atoms with E-state index in [1.54, 1.807) is 0 Å². The van der Waals surface area contributed by atoms with Gasteiger partial charge < -0.3 is 10.6 Å². The summed E-state index contributed by atoms with van der Waals surface area (Å²) in [6, 6.07) is 8.03. The van der Waals surface area contributed by atoms with Crippen LogP contribution in [0.4, 0.5) is 0 Å². The van der Waals surface area contributed by atoms with Crippen molar-refractivity contribution in [3.05, 3.63) is 34.9 Å². The van der Waals surface area contributed by atoms with E-state index in [0.717, 1.165) is 29.8 Å². The number of nitrogens with two attached hydrogens (primary N) is 1. The average Bonchev–Trinajstić information content (AvgIpc) is 2.17. The first-order valence-electron chi connectivity index (χ1n) is 4.68. The first kappa shape index (κ1) is 9.20. The molecule has 0 radical (unpaired) electrons. The molecule has 0 aliphatic carbocycles. The van der Waals surface area contributed by atoms with Gasteiger partial charge in [-0.3, -0.25) is 0 Å². The molecule has 1 aromatic rings. The molecule has 1 unspecified atom stereocenters. The molecule has 1 heterocycles. The lowest BCUT2D eigenvalue weighted by Crippen LogP contribution is -2.34. The van der Waals surface area contributed by atoms with Crippen LogP contribution in [0.5, 0.6) is 0 Å². The topological polar surface area (TPSA) is 53.0 Å². The van der Waals surface area contributed by atoms with Gasteiger partial charge in [0.15, 0.2) is 0 Å². The SMILES string of the molecule is CN1Cc2c(C#N)cccc2C(N)C1. The van der Waals surface area contributed by atoms with Crippen LogP contribution in [-0.2, 0) is 6.54 Å². The third kappa shape index (κ3) is 1.39. The maximum absolute atomic E-state index is 8.96. The number of fused-ring (bicyclic) bond motifs is 1. The Morgan fingerprint density at radius 3 is 3.07 bits per heavy atom. The quantitative estimate of drug-likeness (QED) is 0.659. The Bertz CT molecular complexity index is 392. The van der Waals surface area contributed by atoms with Crippen molar-refractivity contribution >= 4 is 0 Å². The van der Waals surface area contributed by atoms with Gasteiger partial charge in [-0.2, -0.15) is 5.26 Å². The minimum atomic E-state index is 0.0389. The lowest BCUT2D eigenvalue weighted by molar-refractivity contribution is 0.283. The Hall–Kier alpha value is -1.37. The third-order valence-electron chi connectivity index (χ3n) is 2.67. The molecule has 1 aliphatic rings. The van der Waals surface area contributed by atoms with Gasteiger partial charge in [0.1, 0.15) is 0 Å². The van der Waals surface area contributed by atoms with Crippen LogP contribution in [0.25, 0.3) is 0 Å². The molecule has 3 heteroatoms. The molecular formula is C11H13N3. The highest BCUT2D eigenvalue weighted by molar-refractivity contribution is 5.45. The third-order valence-corrected chi connectivity index (χ3v) is 2.67. The zero-order chi connectivity index (χ0) is 10.1. The van der Waals surface area contributed by atoms with E-state index in [9.17, 15) is 0 Å². The second-order valence-electron chi connectivity index (χ2n) is 3.79. The molecule has 0 saturated carbocycles. The Balaban J connectivity index is 2.54. The standard InChI is InChI=1S/C11H13N3/c1-14-6-10-8(5-12)3-2-4-9(10)11(13)7-14/h2-4,11H,6-7,13H2,1H3. The van der Waals surface area contributed by atoms with Crippen LogP contribution >= 0.6 is 0 Å². The zero-order valence-electron chi connectivity index (χ0n) is 8.20. The van der Waals surface area contributed by atoms with Crippen LogP contribution in [0.2, 0.25) is 0 Å². The maximum atomic E-state index is 8.96. The molecule has 14 heavy (non-hydrogen) atoms. The molecule has 0 saturated heterocycles. The number of hydrogen-bond acceptors (Lipinski definition) is 3. The number of likely N-dealkylation sites (N-methyl/N-ethyl adjacent to an activating group) is 1. The summed E-state index contributed by atoms with van der Waals surface area (Å²) in [5.74, 6) is 0. The molecule has 2 N–H and O–H groups in total. The Morgan fingerprint density at radius 1 is 1.57 bits per heavy atom. The summed E-state index contributed by atoms with van der Waals surface area (Å²) < 4.78 is 0. The van der Waals surface area contributed by atoms with Gasteiger partial charge in [0, 0.05) is 19.1 Å². The van der Waals surface area contributed by atoms with E-state index in [4.69, 9.17) is 11.0 Å². The number of hydrogen-bond donors (Lipinski definition) is 1. The molecule has 0 bridgehead atoms. The minimum absolute atomic E-state index is 0.0389. The molecule has 1 atom stereocenters. The second-order valence-corrected chi connectivity index (χ2v) is 3.79. The molecular weight excluding hydrogens is 174 g/mol. The van der Waals surface area contributed by atoms with Crippen LogP contribution in [0.1, 0.15) is 22.7 Å². The maximum Gasteiger partial charge on any atom is 0.0995 e. The zero-order valence-corrected chi connectivity index (χ0v) is 8.20. The summed E-state index contributed by atoms with van der Waals surface area (Å²) in [4.78, 5) is 2.15. The van der Waals surface area contributed by atoms with Crippen molar-refractivity contribution < 1.29 is 0 Å². The van der Waals surface area contributed by atoms with Gasteiger partial charge in [-0.1, -0.05) is 12.1 Å². The normalized spacial score (nSPS) is 21.4. The van der Waals surface area contributed by atoms with Crippen molar-refractivity contribution in [3.8, 4) is 6.07 Å². The lowest BCUT2D eigenvalue weighted by Gasteiger charge is -2.30. The summed E-state index contributed by atoms with van der Waals surface area (Å²) >= 11 is 0. The molecule has 0 amide bonds. The van der Waals surface area contributed by atoms with Crippen molar-refractivity contribution in [3.63, 3.8) is 0 Å². The summed E-state index contributed by atoms with van der Waals surface area (Å²) in [6.07, 6.45) is 0. The first-order valence-corrected chi connectivity index (χ1v) is 4.68. The largest absolute Gasteiger partial charge is 0.323 e. The van der Waals surface area contributed by atoms with Gasteiger partial charge in [-0.25, -0.2) is 0 Å². The molecule has 0 fully saturated rings. The second kappa shape index (κ2) is 3.41. The molecule has 2 rings (SSSR count). The van der Waals surface area contributed by atoms with E-state index in [1.807, 2.05) is 25.2 Å². The number of benzene rings is 1. The van der Waals surface area contributed by atoms with E-state index in [1.165, 1.54) is 0 Å². The Kier molecular flexibility index (Phi) is 2.24. The van der Waals surface area contributed by atoms with Gasteiger partial charge in [0.2, 0.25) is 0 Å². The van der Waals surface area contributed by atoms with Crippen molar-refractivity contribution in [2.75, 3.05) is 13.6 Å². The fourth-order valence-corrected chi connectivity index (χ4v) is 2.00. The van der Waals surface area contributed by atoms with Crippen molar-refractivity contribution in [1.29, 1.82) is 5.26 Å². The van der Waals surface area contributed by atoms with E-state index in [-0.39, 0.29) is 6.04 Å². The van der Waals surface area contributed by atoms with Gasteiger partial charge in [-0.15, -0.1) is 0 Å².